The standard InChI is InChI=1S/C23H24N4O4S/c1-27-10-9-19-20(13-27)32-23(26-19)22(29)25-18-8-7-16(31-3)12-17(18)21(28)24-14-5-4-6-15(11-14)30-2/h4-8,11-12H,9-10,13H2,1-3H3,(H,24,28)(H,25,29). The highest BCUT2D eigenvalue weighted by Crippen LogP contribution is 2.28. The van der Waals surface area contributed by atoms with Crippen LogP contribution in [-0.2, 0) is 13.0 Å². The van der Waals surface area contributed by atoms with E-state index in [1.807, 2.05) is 7.05 Å². The number of aromatic nitrogens is 1. The lowest BCUT2D eigenvalue weighted by molar-refractivity contribution is 0.102. The molecule has 1 aliphatic rings. The molecular formula is C23H24N4O4S. The zero-order valence-electron chi connectivity index (χ0n) is 18.1. The number of hydrogen-bond donors (Lipinski definition) is 2. The summed E-state index contributed by atoms with van der Waals surface area (Å²) in [6, 6.07) is 12.0. The molecule has 2 heterocycles. The molecule has 3 aromatic rings. The quantitative estimate of drug-likeness (QED) is 0.593. The second-order valence-corrected chi connectivity index (χ2v) is 8.51. The van der Waals surface area contributed by atoms with Gasteiger partial charge in [-0.15, -0.1) is 11.3 Å². The number of fused-ring (bicyclic) bond motifs is 1. The number of methoxy groups -OCH3 is 2. The van der Waals surface area contributed by atoms with Crippen LogP contribution in [0.1, 0.15) is 30.7 Å². The van der Waals surface area contributed by atoms with E-state index in [9.17, 15) is 9.59 Å². The van der Waals surface area contributed by atoms with Crippen LogP contribution in [0.5, 0.6) is 11.5 Å². The van der Waals surface area contributed by atoms with Crippen molar-refractivity contribution in [2.45, 2.75) is 13.0 Å². The minimum atomic E-state index is -0.382. The Kier molecular flexibility index (Phi) is 6.38. The fourth-order valence-electron chi connectivity index (χ4n) is 3.44. The summed E-state index contributed by atoms with van der Waals surface area (Å²) in [6.07, 6.45) is 0.826. The zero-order valence-corrected chi connectivity index (χ0v) is 18.9. The van der Waals surface area contributed by atoms with Crippen molar-refractivity contribution >= 4 is 34.5 Å². The number of thiazole rings is 1. The number of anilines is 2. The molecule has 9 heteroatoms. The predicted octanol–water partition coefficient (Wildman–Crippen LogP) is 3.65. The first-order chi connectivity index (χ1) is 15.5. The topological polar surface area (TPSA) is 92.8 Å². The molecule has 0 aliphatic carbocycles. The van der Waals surface area contributed by atoms with Crippen LogP contribution in [0.2, 0.25) is 0 Å². The third-order valence-corrected chi connectivity index (χ3v) is 6.24. The Bertz CT molecular complexity index is 1160. The van der Waals surface area contributed by atoms with Crippen LogP contribution in [-0.4, -0.2) is 49.5 Å². The van der Waals surface area contributed by atoms with Crippen LogP contribution in [0.3, 0.4) is 0 Å². The van der Waals surface area contributed by atoms with Gasteiger partial charge in [0.1, 0.15) is 11.5 Å². The van der Waals surface area contributed by atoms with E-state index in [1.54, 1.807) is 49.6 Å². The highest BCUT2D eigenvalue weighted by atomic mass is 32.1. The minimum Gasteiger partial charge on any atom is -0.497 e. The van der Waals surface area contributed by atoms with Crippen molar-refractivity contribution in [2.75, 3.05) is 38.4 Å². The van der Waals surface area contributed by atoms with E-state index in [2.05, 4.69) is 20.5 Å². The number of benzene rings is 2. The molecule has 0 saturated heterocycles. The van der Waals surface area contributed by atoms with Gasteiger partial charge in [0.2, 0.25) is 0 Å². The van der Waals surface area contributed by atoms with Crippen LogP contribution in [0.15, 0.2) is 42.5 Å². The van der Waals surface area contributed by atoms with Gasteiger partial charge in [-0.25, -0.2) is 4.98 Å². The molecule has 32 heavy (non-hydrogen) atoms. The Balaban J connectivity index is 1.57. The SMILES string of the molecule is COc1cccc(NC(=O)c2cc(OC)ccc2NC(=O)c2nc3c(s2)CN(C)CC3)c1. The molecule has 1 aromatic heterocycles. The lowest BCUT2D eigenvalue weighted by atomic mass is 10.1. The molecule has 0 saturated carbocycles. The molecule has 0 unspecified atom stereocenters. The first-order valence-corrected chi connectivity index (χ1v) is 10.9. The molecule has 2 amide bonds. The lowest BCUT2D eigenvalue weighted by Gasteiger charge is -2.20. The van der Waals surface area contributed by atoms with Crippen LogP contribution in [0.25, 0.3) is 0 Å². The lowest BCUT2D eigenvalue weighted by Crippen LogP contribution is -2.25. The monoisotopic (exact) mass is 452 g/mol. The van der Waals surface area contributed by atoms with Gasteiger partial charge in [-0.1, -0.05) is 6.07 Å². The summed E-state index contributed by atoms with van der Waals surface area (Å²) in [5, 5.41) is 6.07. The number of ether oxygens (including phenoxy) is 2. The van der Waals surface area contributed by atoms with Gasteiger partial charge in [-0.05, 0) is 37.4 Å². The van der Waals surface area contributed by atoms with E-state index in [1.165, 1.54) is 18.4 Å². The Labute approximate surface area is 190 Å². The van der Waals surface area contributed by atoms with Gasteiger partial charge in [0.15, 0.2) is 5.01 Å². The Hall–Kier alpha value is -3.43. The molecule has 0 bridgehead atoms. The average molecular weight is 453 g/mol. The number of rotatable bonds is 6. The van der Waals surface area contributed by atoms with Crippen molar-refractivity contribution in [3.63, 3.8) is 0 Å². The first kappa shape index (κ1) is 21.8. The van der Waals surface area contributed by atoms with Gasteiger partial charge in [-0.2, -0.15) is 0 Å². The van der Waals surface area contributed by atoms with Crippen LogP contribution < -0.4 is 20.1 Å². The Morgan fingerprint density at radius 2 is 1.81 bits per heavy atom. The number of amides is 2. The summed E-state index contributed by atoms with van der Waals surface area (Å²) in [5.74, 6) is 0.409. The maximum Gasteiger partial charge on any atom is 0.284 e. The van der Waals surface area contributed by atoms with Crippen molar-refractivity contribution in [1.82, 2.24) is 9.88 Å². The maximum absolute atomic E-state index is 13.0. The number of carbonyl (C=O) groups excluding carboxylic acids is 2. The van der Waals surface area contributed by atoms with E-state index in [0.29, 0.717) is 27.9 Å². The summed E-state index contributed by atoms with van der Waals surface area (Å²) < 4.78 is 10.5. The Morgan fingerprint density at radius 3 is 2.59 bits per heavy atom. The molecule has 2 N–H and O–H groups in total. The number of likely N-dealkylation sites (N-methyl/N-ethyl adjacent to an activating group) is 1. The summed E-state index contributed by atoms with van der Waals surface area (Å²) >= 11 is 1.39. The number of hydrogen-bond acceptors (Lipinski definition) is 7. The summed E-state index contributed by atoms with van der Waals surface area (Å²) in [6.45, 7) is 1.71. The first-order valence-electron chi connectivity index (χ1n) is 10.1. The summed E-state index contributed by atoms with van der Waals surface area (Å²) in [4.78, 5) is 33.8. The van der Waals surface area contributed by atoms with Gasteiger partial charge in [0, 0.05) is 36.1 Å². The second-order valence-electron chi connectivity index (χ2n) is 7.43. The van der Waals surface area contributed by atoms with Gasteiger partial charge < -0.3 is 25.0 Å². The molecule has 0 radical (unpaired) electrons. The zero-order chi connectivity index (χ0) is 22.7. The van der Waals surface area contributed by atoms with Crippen molar-refractivity contribution in [2.24, 2.45) is 0 Å². The van der Waals surface area contributed by atoms with Crippen molar-refractivity contribution in [3.8, 4) is 11.5 Å². The smallest absolute Gasteiger partial charge is 0.284 e. The van der Waals surface area contributed by atoms with Gasteiger partial charge in [-0.3, -0.25) is 9.59 Å². The largest absolute Gasteiger partial charge is 0.497 e. The van der Waals surface area contributed by atoms with Gasteiger partial charge in [0.05, 0.1) is 31.2 Å². The molecule has 166 valence electrons. The van der Waals surface area contributed by atoms with Crippen molar-refractivity contribution in [3.05, 3.63) is 63.6 Å². The molecule has 8 nitrogen and oxygen atoms in total. The van der Waals surface area contributed by atoms with E-state index in [-0.39, 0.29) is 17.4 Å². The molecule has 0 fully saturated rings. The number of nitrogens with one attached hydrogen (secondary N) is 2. The number of carbonyl (C=O) groups is 2. The van der Waals surface area contributed by atoms with E-state index in [4.69, 9.17) is 9.47 Å². The summed E-state index contributed by atoms with van der Waals surface area (Å²) in [5.41, 5.74) is 2.21. The maximum atomic E-state index is 13.0. The van der Waals surface area contributed by atoms with Crippen LogP contribution >= 0.6 is 11.3 Å². The van der Waals surface area contributed by atoms with Crippen LogP contribution in [0, 0.1) is 0 Å². The van der Waals surface area contributed by atoms with E-state index in [0.717, 1.165) is 30.1 Å². The second kappa shape index (κ2) is 9.37. The fraction of sp³-hybridized carbons (Fsp3) is 0.261. The molecule has 0 atom stereocenters. The highest BCUT2D eigenvalue weighted by Gasteiger charge is 2.23. The highest BCUT2D eigenvalue weighted by molar-refractivity contribution is 7.13. The molecule has 4 rings (SSSR count). The van der Waals surface area contributed by atoms with Gasteiger partial charge >= 0.3 is 0 Å². The normalized spacial score (nSPS) is 13.2. The average Bonchev–Trinajstić information content (AvgIpc) is 3.22. The Morgan fingerprint density at radius 1 is 1.03 bits per heavy atom. The van der Waals surface area contributed by atoms with Crippen molar-refractivity contribution < 1.29 is 19.1 Å². The molecule has 2 aromatic carbocycles. The van der Waals surface area contributed by atoms with Crippen molar-refractivity contribution in [1.29, 1.82) is 0 Å². The fourth-order valence-corrected chi connectivity index (χ4v) is 4.53. The van der Waals surface area contributed by atoms with E-state index >= 15 is 0 Å². The third-order valence-electron chi connectivity index (χ3n) is 5.16. The molecular weight excluding hydrogens is 428 g/mol. The van der Waals surface area contributed by atoms with Gasteiger partial charge in [0.25, 0.3) is 11.8 Å². The molecule has 1 aliphatic heterocycles. The van der Waals surface area contributed by atoms with E-state index < -0.39 is 0 Å². The molecule has 0 spiro atoms. The summed E-state index contributed by atoms with van der Waals surface area (Å²) in [7, 11) is 5.13. The minimum absolute atomic E-state index is 0.279. The van der Waals surface area contributed by atoms with Crippen LogP contribution in [0.4, 0.5) is 11.4 Å². The third kappa shape index (κ3) is 4.74. The predicted molar refractivity (Wildman–Crippen MR) is 124 cm³/mol. The number of nitrogens with zero attached hydrogens (tertiary/aromatic N) is 2.